The predicted octanol–water partition coefficient (Wildman–Crippen LogP) is 4.09. The number of carbonyl (C=O) groups excluding carboxylic acids is 1. The van der Waals surface area contributed by atoms with Crippen molar-refractivity contribution >= 4 is 17.7 Å². The third kappa shape index (κ3) is 4.78. The van der Waals surface area contributed by atoms with Crippen molar-refractivity contribution in [3.05, 3.63) is 54.0 Å². The zero-order valence-corrected chi connectivity index (χ0v) is 18.1. The first kappa shape index (κ1) is 21.1. The number of hydrogen-bond donors (Lipinski definition) is 0. The van der Waals surface area contributed by atoms with E-state index in [1.54, 1.807) is 24.4 Å². The molecule has 5 nitrogen and oxygen atoms in total. The van der Waals surface area contributed by atoms with Crippen molar-refractivity contribution in [2.24, 2.45) is 0 Å². The van der Waals surface area contributed by atoms with E-state index in [0.29, 0.717) is 17.4 Å². The summed E-state index contributed by atoms with van der Waals surface area (Å²) < 4.78 is 19.7. The molecule has 3 heterocycles. The molecule has 0 spiro atoms. The summed E-state index contributed by atoms with van der Waals surface area (Å²) in [5, 5.41) is 0.793. The van der Waals surface area contributed by atoms with Crippen molar-refractivity contribution in [3.8, 4) is 5.75 Å². The molecule has 0 saturated carbocycles. The van der Waals surface area contributed by atoms with Gasteiger partial charge in [-0.3, -0.25) is 9.69 Å². The summed E-state index contributed by atoms with van der Waals surface area (Å²) in [6.45, 7) is 3.46. The molecule has 0 unspecified atom stereocenters. The van der Waals surface area contributed by atoms with Gasteiger partial charge in [0.1, 0.15) is 11.1 Å². The van der Waals surface area contributed by atoms with E-state index in [1.807, 2.05) is 23.3 Å². The number of amides is 1. The van der Waals surface area contributed by atoms with Gasteiger partial charge in [-0.2, -0.15) is 0 Å². The summed E-state index contributed by atoms with van der Waals surface area (Å²) in [7, 11) is 0. The third-order valence-corrected chi connectivity index (χ3v) is 6.78. The van der Waals surface area contributed by atoms with E-state index in [2.05, 4.69) is 9.88 Å². The first-order valence-corrected chi connectivity index (χ1v) is 11.8. The monoisotopic (exact) mass is 429 g/mol. The van der Waals surface area contributed by atoms with Gasteiger partial charge in [-0.1, -0.05) is 12.1 Å². The van der Waals surface area contributed by atoms with Gasteiger partial charge in [-0.05, 0) is 56.2 Å². The molecule has 2 aliphatic heterocycles. The van der Waals surface area contributed by atoms with Gasteiger partial charge in [0.15, 0.2) is 11.6 Å². The van der Waals surface area contributed by atoms with Crippen LogP contribution >= 0.6 is 11.8 Å². The Hall–Kier alpha value is -2.12. The fraction of sp³-hybridized carbons (Fsp3) is 0.478. The lowest BCUT2D eigenvalue weighted by Crippen LogP contribution is -2.50. The maximum Gasteiger partial charge on any atom is 0.256 e. The number of likely N-dealkylation sites (tertiary alicyclic amines) is 2. The normalized spacial score (nSPS) is 19.1. The van der Waals surface area contributed by atoms with E-state index in [1.165, 1.54) is 17.8 Å². The number of pyridine rings is 1. The molecule has 4 rings (SSSR count). The zero-order valence-electron chi connectivity index (χ0n) is 17.3. The maximum atomic E-state index is 13.8. The van der Waals surface area contributed by atoms with Crippen LogP contribution in [-0.4, -0.2) is 65.3 Å². The molecule has 7 heteroatoms. The van der Waals surface area contributed by atoms with Gasteiger partial charge in [0.2, 0.25) is 0 Å². The molecule has 2 saturated heterocycles. The number of piperidine rings is 2. The van der Waals surface area contributed by atoms with E-state index >= 15 is 0 Å². The minimum absolute atomic E-state index is 0.0652. The van der Waals surface area contributed by atoms with Crippen molar-refractivity contribution in [3.63, 3.8) is 0 Å². The lowest BCUT2D eigenvalue weighted by atomic mass is 9.98. The highest BCUT2D eigenvalue weighted by Crippen LogP contribution is 2.26. The molecule has 1 aromatic heterocycles. The van der Waals surface area contributed by atoms with Gasteiger partial charge in [-0.15, -0.1) is 11.8 Å². The SMILES string of the molecule is CSc1ncccc1C(=O)N1CCC(N2CCC(Oc3ccccc3F)CC2)CC1. The van der Waals surface area contributed by atoms with Crippen LogP contribution in [-0.2, 0) is 0 Å². The minimum atomic E-state index is -0.296. The molecule has 0 N–H and O–H groups in total. The average molecular weight is 430 g/mol. The lowest BCUT2D eigenvalue weighted by Gasteiger charge is -2.41. The van der Waals surface area contributed by atoms with E-state index in [0.717, 1.165) is 56.9 Å². The highest BCUT2D eigenvalue weighted by Gasteiger charge is 2.31. The van der Waals surface area contributed by atoms with Crippen LogP contribution < -0.4 is 4.74 Å². The molecule has 160 valence electrons. The number of aromatic nitrogens is 1. The quantitative estimate of drug-likeness (QED) is 0.670. The van der Waals surface area contributed by atoms with Crippen molar-refractivity contribution in [1.82, 2.24) is 14.8 Å². The van der Waals surface area contributed by atoms with Crippen LogP contribution in [0.15, 0.2) is 47.6 Å². The molecule has 2 aliphatic rings. The van der Waals surface area contributed by atoms with Crippen molar-refractivity contribution in [1.29, 1.82) is 0 Å². The zero-order chi connectivity index (χ0) is 20.9. The number of thioether (sulfide) groups is 1. The molecular weight excluding hydrogens is 401 g/mol. The minimum Gasteiger partial charge on any atom is -0.487 e. The molecule has 0 radical (unpaired) electrons. The summed E-state index contributed by atoms with van der Waals surface area (Å²) in [5.41, 5.74) is 0.703. The van der Waals surface area contributed by atoms with Crippen molar-refractivity contribution in [2.75, 3.05) is 32.4 Å². The Morgan fingerprint density at radius 2 is 1.80 bits per heavy atom. The molecule has 1 amide bonds. The number of ether oxygens (including phenoxy) is 1. The molecule has 2 aromatic rings. The molecular formula is C23H28FN3O2S. The molecule has 30 heavy (non-hydrogen) atoms. The van der Waals surface area contributed by atoms with Crippen LogP contribution in [0.25, 0.3) is 0 Å². The fourth-order valence-electron chi connectivity index (χ4n) is 4.40. The smallest absolute Gasteiger partial charge is 0.256 e. The Labute approximate surface area is 181 Å². The molecule has 0 atom stereocenters. The molecule has 0 aliphatic carbocycles. The van der Waals surface area contributed by atoms with Gasteiger partial charge in [0.25, 0.3) is 5.91 Å². The Morgan fingerprint density at radius 3 is 2.50 bits per heavy atom. The molecule has 2 fully saturated rings. The number of carbonyl (C=O) groups is 1. The Bertz CT molecular complexity index is 865. The van der Waals surface area contributed by atoms with Gasteiger partial charge < -0.3 is 9.64 Å². The first-order valence-electron chi connectivity index (χ1n) is 10.6. The summed E-state index contributed by atoms with van der Waals surface area (Å²) in [6.07, 6.45) is 7.52. The van der Waals surface area contributed by atoms with E-state index in [4.69, 9.17) is 4.74 Å². The largest absolute Gasteiger partial charge is 0.487 e. The highest BCUT2D eigenvalue weighted by molar-refractivity contribution is 7.98. The van der Waals surface area contributed by atoms with E-state index in [9.17, 15) is 9.18 Å². The van der Waals surface area contributed by atoms with E-state index in [-0.39, 0.29) is 17.8 Å². The topological polar surface area (TPSA) is 45.7 Å². The number of benzene rings is 1. The van der Waals surface area contributed by atoms with Gasteiger partial charge in [0.05, 0.1) is 5.56 Å². The van der Waals surface area contributed by atoms with Crippen LogP contribution in [0, 0.1) is 5.82 Å². The second-order valence-corrected chi connectivity index (χ2v) is 8.66. The van der Waals surface area contributed by atoms with Crippen LogP contribution in [0.4, 0.5) is 4.39 Å². The first-order chi connectivity index (χ1) is 14.7. The van der Waals surface area contributed by atoms with Crippen molar-refractivity contribution in [2.45, 2.75) is 42.9 Å². The fourth-order valence-corrected chi connectivity index (χ4v) is 4.94. The number of rotatable bonds is 5. The number of nitrogens with zero attached hydrogens (tertiary/aromatic N) is 3. The van der Waals surface area contributed by atoms with Gasteiger partial charge >= 0.3 is 0 Å². The van der Waals surface area contributed by atoms with Crippen LogP contribution in [0.5, 0.6) is 5.75 Å². The molecule has 1 aromatic carbocycles. The standard InChI is InChI=1S/C23H28FN3O2S/c1-30-22-19(5-4-12-25-22)23(28)27-13-8-17(9-14-27)26-15-10-18(11-16-26)29-21-7-3-2-6-20(21)24/h2-7,12,17-18H,8-11,13-16H2,1H3. The van der Waals surface area contributed by atoms with Crippen LogP contribution in [0.2, 0.25) is 0 Å². The number of para-hydroxylation sites is 1. The average Bonchev–Trinajstić information content (AvgIpc) is 2.81. The Morgan fingerprint density at radius 1 is 1.07 bits per heavy atom. The van der Waals surface area contributed by atoms with Crippen LogP contribution in [0.3, 0.4) is 0 Å². The van der Waals surface area contributed by atoms with Gasteiger partial charge in [0, 0.05) is 38.4 Å². The lowest BCUT2D eigenvalue weighted by molar-refractivity contribution is 0.0414. The predicted molar refractivity (Wildman–Crippen MR) is 117 cm³/mol. The van der Waals surface area contributed by atoms with Gasteiger partial charge in [-0.25, -0.2) is 9.37 Å². The summed E-state index contributed by atoms with van der Waals surface area (Å²) in [4.78, 5) is 21.7. The maximum absolute atomic E-state index is 13.8. The third-order valence-electron chi connectivity index (χ3n) is 6.07. The molecule has 0 bridgehead atoms. The summed E-state index contributed by atoms with van der Waals surface area (Å²) in [5.74, 6) is 0.140. The second-order valence-electron chi connectivity index (χ2n) is 7.87. The highest BCUT2D eigenvalue weighted by atomic mass is 32.2. The van der Waals surface area contributed by atoms with Crippen molar-refractivity contribution < 1.29 is 13.9 Å². The van der Waals surface area contributed by atoms with E-state index < -0.39 is 0 Å². The number of hydrogen-bond acceptors (Lipinski definition) is 5. The second kappa shape index (κ2) is 9.79. The Balaban J connectivity index is 1.26. The van der Waals surface area contributed by atoms with Crippen LogP contribution in [0.1, 0.15) is 36.0 Å². The number of halogens is 1. The Kier molecular flexibility index (Phi) is 6.89. The summed E-state index contributed by atoms with van der Waals surface area (Å²) in [6, 6.07) is 10.8. The summed E-state index contributed by atoms with van der Waals surface area (Å²) >= 11 is 1.51.